The van der Waals surface area contributed by atoms with E-state index in [1.807, 2.05) is 32.9 Å². The largest absolute Gasteiger partial charge is 0.385 e. The lowest BCUT2D eigenvalue weighted by atomic mass is 10.0. The molecule has 1 aromatic heterocycles. The number of halogens is 1. The number of hydrogen-bond acceptors (Lipinski definition) is 3. The third-order valence-corrected chi connectivity index (χ3v) is 6.10. The Bertz CT molecular complexity index is 946. The average molecular weight is 416 g/mol. The van der Waals surface area contributed by atoms with Gasteiger partial charge in [0.05, 0.1) is 0 Å². The van der Waals surface area contributed by atoms with Crippen LogP contribution in [0.25, 0.3) is 0 Å². The van der Waals surface area contributed by atoms with Crippen LogP contribution >= 0.6 is 11.6 Å². The Kier molecular flexibility index (Phi) is 7.01. The van der Waals surface area contributed by atoms with Gasteiger partial charge in [-0.25, -0.2) is 0 Å². The van der Waals surface area contributed by atoms with Crippen molar-refractivity contribution in [2.24, 2.45) is 5.92 Å². The van der Waals surface area contributed by atoms with Gasteiger partial charge in [-0.05, 0) is 62.4 Å². The third kappa shape index (κ3) is 5.41. The topological polar surface area (TPSA) is 74.0 Å². The van der Waals surface area contributed by atoms with Gasteiger partial charge in [0.2, 0.25) is 0 Å². The lowest BCUT2D eigenvalue weighted by Crippen LogP contribution is -2.28. The van der Waals surface area contributed by atoms with Crippen molar-refractivity contribution in [3.8, 4) is 0 Å². The summed E-state index contributed by atoms with van der Waals surface area (Å²) in [4.78, 5) is 27.8. The number of benzene rings is 1. The van der Waals surface area contributed by atoms with Crippen LogP contribution in [0.1, 0.15) is 64.8 Å². The number of carbonyl (C=O) groups excluding carboxylic acids is 1. The normalized spacial score (nSPS) is 14.2. The summed E-state index contributed by atoms with van der Waals surface area (Å²) >= 11 is 6.28. The Hall–Kier alpha value is -2.27. The molecule has 2 aromatic rings. The molecule has 0 atom stereocenters. The fraction of sp³-hybridized carbons (Fsp3) is 0.478. The van der Waals surface area contributed by atoms with Crippen molar-refractivity contribution >= 4 is 23.2 Å². The first-order valence-electron chi connectivity index (χ1n) is 10.4. The summed E-state index contributed by atoms with van der Waals surface area (Å²) in [5.74, 6) is 0.573. The van der Waals surface area contributed by atoms with Crippen LogP contribution in [0.3, 0.4) is 0 Å². The minimum absolute atomic E-state index is 0.167. The Morgan fingerprint density at radius 2 is 1.90 bits per heavy atom. The first-order chi connectivity index (χ1) is 13.8. The number of anilines is 1. The highest BCUT2D eigenvalue weighted by Gasteiger charge is 2.17. The van der Waals surface area contributed by atoms with Crippen LogP contribution in [-0.4, -0.2) is 17.4 Å². The SMILES string of the molecule is Cc1cc(C)c(CNC(=O)c2cc(Cl)cc(NCCC3CCCC3)c2C)c(=O)[nH]1. The molecule has 0 radical (unpaired) electrons. The number of H-pyrrole nitrogens is 1. The van der Waals surface area contributed by atoms with Crippen molar-refractivity contribution < 1.29 is 4.79 Å². The zero-order valence-corrected chi connectivity index (χ0v) is 18.2. The number of amides is 1. The third-order valence-electron chi connectivity index (χ3n) is 5.88. The molecule has 1 aromatic carbocycles. The molecule has 156 valence electrons. The summed E-state index contributed by atoms with van der Waals surface area (Å²) in [5, 5.41) is 6.84. The standard InChI is InChI=1S/C23H30ClN3O2/c1-14-10-15(2)27-23(29)20(14)13-26-22(28)19-11-18(24)12-21(16(19)3)25-9-8-17-6-4-5-7-17/h10-12,17,25H,4-9,13H2,1-3H3,(H,26,28)(H,27,29). The molecule has 0 aliphatic heterocycles. The molecule has 1 aliphatic rings. The first-order valence-corrected chi connectivity index (χ1v) is 10.7. The molecule has 3 rings (SSSR count). The number of aromatic amines is 1. The average Bonchev–Trinajstić information content (AvgIpc) is 3.16. The summed E-state index contributed by atoms with van der Waals surface area (Å²) in [6, 6.07) is 5.46. The van der Waals surface area contributed by atoms with E-state index in [9.17, 15) is 9.59 Å². The molecule has 5 nitrogen and oxygen atoms in total. The van der Waals surface area contributed by atoms with Crippen LogP contribution < -0.4 is 16.2 Å². The number of aromatic nitrogens is 1. The van der Waals surface area contributed by atoms with Crippen molar-refractivity contribution in [3.05, 3.63) is 61.5 Å². The zero-order chi connectivity index (χ0) is 21.0. The van der Waals surface area contributed by atoms with Crippen LogP contribution in [0.4, 0.5) is 5.69 Å². The lowest BCUT2D eigenvalue weighted by Gasteiger charge is -2.16. The molecule has 1 heterocycles. The Balaban J connectivity index is 1.68. The number of rotatable bonds is 7. The second-order valence-electron chi connectivity index (χ2n) is 8.12. The van der Waals surface area contributed by atoms with Gasteiger partial charge in [0.25, 0.3) is 11.5 Å². The fourth-order valence-corrected chi connectivity index (χ4v) is 4.39. The predicted molar refractivity (Wildman–Crippen MR) is 119 cm³/mol. The quantitative estimate of drug-likeness (QED) is 0.603. The highest BCUT2D eigenvalue weighted by atomic mass is 35.5. The van der Waals surface area contributed by atoms with Crippen molar-refractivity contribution in [2.75, 3.05) is 11.9 Å². The van der Waals surface area contributed by atoms with Crippen LogP contribution in [0.15, 0.2) is 23.0 Å². The summed E-state index contributed by atoms with van der Waals surface area (Å²) in [6.07, 6.45) is 6.47. The van der Waals surface area contributed by atoms with Gasteiger partial charge in [-0.1, -0.05) is 37.3 Å². The Morgan fingerprint density at radius 1 is 1.17 bits per heavy atom. The van der Waals surface area contributed by atoms with Crippen LogP contribution in [0.5, 0.6) is 0 Å². The molecule has 0 saturated heterocycles. The minimum Gasteiger partial charge on any atom is -0.385 e. The highest BCUT2D eigenvalue weighted by Crippen LogP contribution is 2.29. The summed E-state index contributed by atoms with van der Waals surface area (Å²) in [7, 11) is 0. The van der Waals surface area contributed by atoms with Crippen LogP contribution in [0, 0.1) is 26.7 Å². The number of nitrogens with one attached hydrogen (secondary N) is 3. The van der Waals surface area contributed by atoms with Crippen molar-refractivity contribution in [1.29, 1.82) is 0 Å². The molecule has 3 N–H and O–H groups in total. The van der Waals surface area contributed by atoms with E-state index in [2.05, 4.69) is 15.6 Å². The van der Waals surface area contributed by atoms with Gasteiger partial charge in [0, 0.05) is 40.6 Å². The van der Waals surface area contributed by atoms with Gasteiger partial charge in [-0.15, -0.1) is 0 Å². The van der Waals surface area contributed by atoms with E-state index < -0.39 is 0 Å². The molecule has 1 amide bonds. The van der Waals surface area contributed by atoms with Crippen molar-refractivity contribution in [2.45, 2.75) is 59.4 Å². The second kappa shape index (κ2) is 9.49. The van der Waals surface area contributed by atoms with Crippen LogP contribution in [-0.2, 0) is 6.54 Å². The lowest BCUT2D eigenvalue weighted by molar-refractivity contribution is 0.0950. The van der Waals surface area contributed by atoms with E-state index in [-0.39, 0.29) is 18.0 Å². The van der Waals surface area contributed by atoms with E-state index in [1.54, 1.807) is 6.07 Å². The maximum absolute atomic E-state index is 12.8. The second-order valence-corrected chi connectivity index (χ2v) is 8.55. The van der Waals surface area contributed by atoms with Crippen LogP contribution in [0.2, 0.25) is 5.02 Å². The number of aryl methyl sites for hydroxylation is 2. The zero-order valence-electron chi connectivity index (χ0n) is 17.5. The number of carbonyl (C=O) groups is 1. The fourth-order valence-electron chi connectivity index (χ4n) is 4.17. The van der Waals surface area contributed by atoms with Crippen molar-refractivity contribution in [1.82, 2.24) is 10.3 Å². The molecule has 0 unspecified atom stereocenters. The van der Waals surface area contributed by atoms with Gasteiger partial charge in [0.1, 0.15) is 0 Å². The first kappa shape index (κ1) is 21.4. The van der Waals surface area contributed by atoms with E-state index in [1.165, 1.54) is 25.7 Å². The molecular formula is C23H30ClN3O2. The molecule has 0 bridgehead atoms. The Morgan fingerprint density at radius 3 is 2.59 bits per heavy atom. The molecule has 1 fully saturated rings. The molecular weight excluding hydrogens is 386 g/mol. The highest BCUT2D eigenvalue weighted by molar-refractivity contribution is 6.31. The molecule has 29 heavy (non-hydrogen) atoms. The van der Waals surface area contributed by atoms with Gasteiger partial charge in [-0.2, -0.15) is 0 Å². The molecule has 6 heteroatoms. The monoisotopic (exact) mass is 415 g/mol. The van der Waals surface area contributed by atoms with Gasteiger partial charge < -0.3 is 15.6 Å². The molecule has 0 spiro atoms. The minimum atomic E-state index is -0.233. The summed E-state index contributed by atoms with van der Waals surface area (Å²) in [5.41, 5.74) is 4.36. The Labute approximate surface area is 177 Å². The predicted octanol–water partition coefficient (Wildman–Crippen LogP) is 4.88. The van der Waals surface area contributed by atoms with E-state index in [0.29, 0.717) is 16.1 Å². The van der Waals surface area contributed by atoms with E-state index in [0.717, 1.165) is 41.4 Å². The maximum Gasteiger partial charge on any atom is 0.253 e. The summed E-state index contributed by atoms with van der Waals surface area (Å²) in [6.45, 7) is 6.70. The van der Waals surface area contributed by atoms with E-state index >= 15 is 0 Å². The number of hydrogen-bond donors (Lipinski definition) is 3. The number of pyridine rings is 1. The van der Waals surface area contributed by atoms with Crippen molar-refractivity contribution in [3.63, 3.8) is 0 Å². The maximum atomic E-state index is 12.8. The van der Waals surface area contributed by atoms with Gasteiger partial charge in [-0.3, -0.25) is 9.59 Å². The molecule has 1 saturated carbocycles. The van der Waals surface area contributed by atoms with E-state index in [4.69, 9.17) is 11.6 Å². The smallest absolute Gasteiger partial charge is 0.253 e. The van der Waals surface area contributed by atoms with Gasteiger partial charge in [0.15, 0.2) is 0 Å². The molecule has 1 aliphatic carbocycles. The summed E-state index contributed by atoms with van der Waals surface area (Å²) < 4.78 is 0. The van der Waals surface area contributed by atoms with Gasteiger partial charge >= 0.3 is 0 Å².